The van der Waals surface area contributed by atoms with Crippen molar-refractivity contribution in [1.29, 1.82) is 0 Å². The molecule has 4 rings (SSSR count). The number of nitrogens with zero attached hydrogens (tertiary/aromatic N) is 3. The molecule has 0 heterocycles. The Morgan fingerprint density at radius 1 is 1.18 bits per heavy atom. The Morgan fingerprint density at radius 3 is 2.36 bits per heavy atom. The van der Waals surface area contributed by atoms with Crippen molar-refractivity contribution in [3.63, 3.8) is 0 Å². The molecule has 0 aromatic heterocycles. The van der Waals surface area contributed by atoms with Gasteiger partial charge in [-0.1, -0.05) is 6.08 Å². The molecule has 0 spiro atoms. The summed E-state index contributed by atoms with van der Waals surface area (Å²) in [5.74, 6) is -6.60. The van der Waals surface area contributed by atoms with E-state index in [0.29, 0.717) is 24.2 Å². The summed E-state index contributed by atoms with van der Waals surface area (Å²) in [6.07, 6.45) is 2.00. The third-order valence-corrected chi connectivity index (χ3v) is 8.14. The van der Waals surface area contributed by atoms with Crippen LogP contribution in [0.5, 0.6) is 5.75 Å². The number of carbonyl (C=O) groups excluding carboxylic acids is 3. The predicted molar refractivity (Wildman–Crippen MR) is 145 cm³/mol. The number of amides is 1. The zero-order valence-electron chi connectivity index (χ0n) is 22.9. The Hall–Kier alpha value is -3.67. The van der Waals surface area contributed by atoms with Crippen molar-refractivity contribution in [3.8, 4) is 5.75 Å². The molecule has 1 fully saturated rings. The van der Waals surface area contributed by atoms with Gasteiger partial charge in [0.05, 0.1) is 11.6 Å². The summed E-state index contributed by atoms with van der Waals surface area (Å²) < 4.78 is 0. The topological polar surface area (TPSA) is 168 Å². The van der Waals surface area contributed by atoms with Gasteiger partial charge in [0.1, 0.15) is 22.8 Å². The van der Waals surface area contributed by atoms with Gasteiger partial charge in [-0.25, -0.2) is 0 Å². The summed E-state index contributed by atoms with van der Waals surface area (Å²) >= 11 is 0. The summed E-state index contributed by atoms with van der Waals surface area (Å²) in [5, 5.41) is 45.6. The molecule has 1 aromatic carbocycles. The number of aliphatic hydroxyl groups excluding tert-OH is 2. The minimum absolute atomic E-state index is 0.0449. The van der Waals surface area contributed by atoms with Gasteiger partial charge < -0.3 is 31.1 Å². The van der Waals surface area contributed by atoms with Gasteiger partial charge in [0.2, 0.25) is 5.78 Å². The predicted octanol–water partition coefficient (Wildman–Crippen LogP) is 0.648. The van der Waals surface area contributed by atoms with Gasteiger partial charge in [0, 0.05) is 49.9 Å². The number of nitrogens with two attached hydrogens (primary N) is 1. The standard InChI is InChI=1S/C28H36N4O7/c1-7-8-32(6)12-14-11-17(30(2)3)15-9-13-10-16-21(31(4)5)24(35)20(27(29)38)26(37)28(16,39)25(36)18(13)23(34)19(15)22(14)33/h7,11,13,16,21,33-34,37,39H,1,8-10,12H2,2-6H3,(H2,29,38)/t13-,16+,21+,28+/m1/s1. The molecule has 1 saturated carbocycles. The lowest BCUT2D eigenvalue weighted by atomic mass is 9.57. The molecule has 1 aromatic rings. The van der Waals surface area contributed by atoms with Gasteiger partial charge in [0.15, 0.2) is 11.4 Å². The number of rotatable bonds is 7. The molecular weight excluding hydrogens is 504 g/mol. The van der Waals surface area contributed by atoms with Crippen LogP contribution in [0.2, 0.25) is 0 Å². The van der Waals surface area contributed by atoms with Crippen molar-refractivity contribution in [2.75, 3.05) is 46.7 Å². The molecule has 0 unspecified atom stereocenters. The molecule has 39 heavy (non-hydrogen) atoms. The van der Waals surface area contributed by atoms with Crippen LogP contribution in [-0.4, -0.2) is 101 Å². The van der Waals surface area contributed by atoms with Crippen molar-refractivity contribution in [2.24, 2.45) is 17.6 Å². The molecule has 6 N–H and O–H groups in total. The molecule has 11 nitrogen and oxygen atoms in total. The number of ketones is 2. The van der Waals surface area contributed by atoms with Crippen LogP contribution in [0.1, 0.15) is 23.1 Å². The second-order valence-corrected chi connectivity index (χ2v) is 11.1. The molecule has 0 radical (unpaired) electrons. The molecule has 0 aliphatic heterocycles. The molecule has 3 aliphatic carbocycles. The zero-order valence-corrected chi connectivity index (χ0v) is 22.9. The highest BCUT2D eigenvalue weighted by atomic mass is 16.3. The molecule has 11 heteroatoms. The lowest BCUT2D eigenvalue weighted by Crippen LogP contribution is -2.65. The summed E-state index contributed by atoms with van der Waals surface area (Å²) in [7, 11) is 8.66. The fourth-order valence-corrected chi connectivity index (χ4v) is 6.44. The van der Waals surface area contributed by atoms with Gasteiger partial charge >= 0.3 is 0 Å². The lowest BCUT2D eigenvalue weighted by molar-refractivity contribution is -0.153. The van der Waals surface area contributed by atoms with Crippen molar-refractivity contribution in [2.45, 2.75) is 31.0 Å². The van der Waals surface area contributed by atoms with Crippen LogP contribution >= 0.6 is 0 Å². The van der Waals surface area contributed by atoms with E-state index in [4.69, 9.17) is 5.73 Å². The number of phenols is 1. The van der Waals surface area contributed by atoms with Crippen molar-refractivity contribution < 1.29 is 34.8 Å². The van der Waals surface area contributed by atoms with Gasteiger partial charge in [-0.2, -0.15) is 0 Å². The minimum atomic E-state index is -2.66. The van der Waals surface area contributed by atoms with Crippen LogP contribution in [0, 0.1) is 11.8 Å². The monoisotopic (exact) mass is 540 g/mol. The highest BCUT2D eigenvalue weighted by Crippen LogP contribution is 2.54. The number of aliphatic hydroxyl groups is 3. The second kappa shape index (κ2) is 9.82. The van der Waals surface area contributed by atoms with Gasteiger partial charge in [0.25, 0.3) is 5.91 Å². The minimum Gasteiger partial charge on any atom is -0.508 e. The number of benzene rings is 1. The van der Waals surface area contributed by atoms with Gasteiger partial charge in [-0.3, -0.25) is 24.2 Å². The number of fused-ring (bicyclic) bond motifs is 3. The van der Waals surface area contributed by atoms with Crippen LogP contribution in [0.15, 0.2) is 35.6 Å². The highest BCUT2D eigenvalue weighted by Gasteiger charge is 2.64. The summed E-state index contributed by atoms with van der Waals surface area (Å²) in [6.45, 7) is 4.61. The molecule has 0 bridgehead atoms. The highest BCUT2D eigenvalue weighted by molar-refractivity contribution is 6.24. The zero-order chi connectivity index (χ0) is 29.1. The van der Waals surface area contributed by atoms with Crippen LogP contribution in [0.3, 0.4) is 0 Å². The van der Waals surface area contributed by atoms with E-state index in [-0.39, 0.29) is 29.7 Å². The maximum Gasteiger partial charge on any atom is 0.255 e. The third-order valence-electron chi connectivity index (χ3n) is 8.14. The molecule has 0 saturated heterocycles. The number of anilines is 1. The Kier molecular flexibility index (Phi) is 7.13. The number of aromatic hydroxyl groups is 1. The lowest BCUT2D eigenvalue weighted by Gasteiger charge is -2.50. The van der Waals surface area contributed by atoms with Crippen molar-refractivity contribution in [1.82, 2.24) is 9.80 Å². The number of phenolic OH excluding ortho intramolecular Hbond substituents is 1. The molecule has 1 amide bonds. The number of hydrogen-bond acceptors (Lipinski definition) is 10. The first-order chi connectivity index (χ1) is 18.2. The summed E-state index contributed by atoms with van der Waals surface area (Å²) in [6, 6.07) is 0.722. The van der Waals surface area contributed by atoms with Crippen molar-refractivity contribution in [3.05, 3.63) is 52.3 Å². The van der Waals surface area contributed by atoms with E-state index in [2.05, 4.69) is 6.58 Å². The number of likely N-dealkylation sites (N-methyl/N-ethyl adjacent to an activating group) is 2. The normalized spacial score (nSPS) is 26.5. The number of hydrogen-bond donors (Lipinski definition) is 5. The average molecular weight is 541 g/mol. The first kappa shape index (κ1) is 28.3. The maximum absolute atomic E-state index is 14.0. The first-order valence-electron chi connectivity index (χ1n) is 12.7. The van der Waals surface area contributed by atoms with E-state index in [1.54, 1.807) is 20.2 Å². The Labute approximate surface area is 227 Å². The van der Waals surface area contributed by atoms with E-state index < -0.39 is 58.0 Å². The Morgan fingerprint density at radius 2 is 1.82 bits per heavy atom. The molecule has 3 aliphatic rings. The summed E-state index contributed by atoms with van der Waals surface area (Å²) in [5.41, 5.74) is 3.68. The van der Waals surface area contributed by atoms with Crippen LogP contribution in [0.4, 0.5) is 5.69 Å². The smallest absolute Gasteiger partial charge is 0.255 e. The average Bonchev–Trinajstić information content (AvgIpc) is 2.82. The van der Waals surface area contributed by atoms with E-state index in [0.717, 1.165) is 5.69 Å². The maximum atomic E-state index is 14.0. The molecule has 4 atom stereocenters. The molecular formula is C28H36N4O7. The van der Waals surface area contributed by atoms with Gasteiger partial charge in [-0.05, 0) is 51.5 Å². The van der Waals surface area contributed by atoms with E-state index in [1.807, 2.05) is 37.0 Å². The van der Waals surface area contributed by atoms with Gasteiger partial charge in [-0.15, -0.1) is 6.58 Å². The van der Waals surface area contributed by atoms with Crippen LogP contribution < -0.4 is 10.6 Å². The quantitative estimate of drug-likeness (QED) is 0.245. The number of primary amides is 1. The van der Waals surface area contributed by atoms with E-state index in [1.165, 1.54) is 4.90 Å². The fraction of sp³-hybridized carbons (Fsp3) is 0.464. The third kappa shape index (κ3) is 4.12. The first-order valence-corrected chi connectivity index (χ1v) is 12.7. The Bertz CT molecular complexity index is 1350. The molecule has 210 valence electrons. The summed E-state index contributed by atoms with van der Waals surface area (Å²) in [4.78, 5) is 44.6. The van der Waals surface area contributed by atoms with Crippen LogP contribution in [-0.2, 0) is 27.3 Å². The van der Waals surface area contributed by atoms with Crippen LogP contribution in [0.25, 0.3) is 5.76 Å². The second-order valence-electron chi connectivity index (χ2n) is 11.1. The van der Waals surface area contributed by atoms with Crippen molar-refractivity contribution >= 4 is 28.9 Å². The number of Topliss-reactive ketones (excluding diaryl/α,β-unsaturated/α-hetero) is 2. The van der Waals surface area contributed by atoms with E-state index in [9.17, 15) is 34.8 Å². The largest absolute Gasteiger partial charge is 0.508 e. The van der Waals surface area contributed by atoms with E-state index >= 15 is 0 Å². The fourth-order valence-electron chi connectivity index (χ4n) is 6.44. The SMILES string of the molecule is C=CCN(C)Cc1cc(N(C)C)c2c(c1O)C(O)=C1C(=O)[C@]3(O)C(O)=C(C(N)=O)C(=O)[C@@H](N(C)C)[C@@H]3C[C@H]1C2. The Balaban J connectivity index is 1.96. The number of carbonyl (C=O) groups is 3.